The Morgan fingerprint density at radius 3 is 2.70 bits per heavy atom. The zero-order valence-corrected chi connectivity index (χ0v) is 17.7. The van der Waals surface area contributed by atoms with Gasteiger partial charge in [0, 0.05) is 33.2 Å². The number of H-pyrrole nitrogens is 1. The van der Waals surface area contributed by atoms with Gasteiger partial charge in [-0.25, -0.2) is 0 Å². The molecule has 0 spiro atoms. The van der Waals surface area contributed by atoms with E-state index < -0.39 is 6.10 Å². The highest BCUT2D eigenvalue weighted by molar-refractivity contribution is 7.16. The average Bonchev–Trinajstić information content (AvgIpc) is 3.15. The van der Waals surface area contributed by atoms with E-state index in [2.05, 4.69) is 27.8 Å². The Morgan fingerprint density at radius 2 is 1.87 bits per heavy atom. The summed E-state index contributed by atoms with van der Waals surface area (Å²) in [5.41, 5.74) is 2.32. The van der Waals surface area contributed by atoms with E-state index in [9.17, 15) is 15.0 Å². The van der Waals surface area contributed by atoms with E-state index in [-0.39, 0.29) is 12.0 Å². The van der Waals surface area contributed by atoms with E-state index in [1.54, 1.807) is 6.07 Å². The number of nitrogens with one attached hydrogen (secondary N) is 3. The number of thiazole rings is 1. The van der Waals surface area contributed by atoms with Gasteiger partial charge < -0.3 is 30.6 Å². The maximum atomic E-state index is 11.6. The molecule has 0 radical (unpaired) electrons. The summed E-state index contributed by atoms with van der Waals surface area (Å²) in [5.74, 6) is 0.0144. The lowest BCUT2D eigenvalue weighted by Crippen LogP contribution is -2.31. The summed E-state index contributed by atoms with van der Waals surface area (Å²) in [6, 6.07) is 13.5. The summed E-state index contributed by atoms with van der Waals surface area (Å²) >= 11 is 0.995. The van der Waals surface area contributed by atoms with Crippen LogP contribution in [0.15, 0.2) is 47.3 Å². The molecule has 0 fully saturated rings. The van der Waals surface area contributed by atoms with Crippen LogP contribution in [-0.2, 0) is 11.2 Å². The second-order valence-corrected chi connectivity index (χ2v) is 8.05. The van der Waals surface area contributed by atoms with Gasteiger partial charge in [0.25, 0.3) is 0 Å². The van der Waals surface area contributed by atoms with Crippen LogP contribution in [0.4, 0.5) is 0 Å². The number of phenolic OH excluding ortho intramolecular Hbond substituents is 1. The average molecular weight is 434 g/mol. The lowest BCUT2D eigenvalue weighted by atomic mass is 10.1. The molecule has 0 bridgehead atoms. The minimum Gasteiger partial charge on any atom is -0.506 e. The lowest BCUT2D eigenvalue weighted by Gasteiger charge is -2.13. The van der Waals surface area contributed by atoms with Crippen molar-refractivity contribution < 1.29 is 16.4 Å². The predicted molar refractivity (Wildman–Crippen MR) is 123 cm³/mol. The Morgan fingerprint density at radius 1 is 1.07 bits per heavy atom. The van der Waals surface area contributed by atoms with Crippen molar-refractivity contribution in [2.45, 2.75) is 18.9 Å². The minimum absolute atomic E-state index is 0. The molecular formula is C22H31N3O4S. The van der Waals surface area contributed by atoms with Crippen LogP contribution in [-0.4, -0.2) is 54.6 Å². The Hall–Kier alpha value is -2.23. The van der Waals surface area contributed by atoms with E-state index in [0.717, 1.165) is 57.0 Å². The molecule has 0 aliphatic heterocycles. The van der Waals surface area contributed by atoms with Crippen molar-refractivity contribution in [1.29, 1.82) is 0 Å². The number of hydrogen-bond donors (Lipinski definition) is 5. The Bertz CT molecular complexity index is 964. The van der Waals surface area contributed by atoms with Crippen LogP contribution >= 0.6 is 11.3 Å². The molecule has 5 N–H and O–H groups in total. The monoisotopic (exact) mass is 433 g/mol. The van der Waals surface area contributed by atoms with Crippen LogP contribution in [0.5, 0.6) is 5.75 Å². The number of benzene rings is 2. The van der Waals surface area contributed by atoms with Crippen LogP contribution < -0.4 is 15.5 Å². The smallest absolute Gasteiger partial charge is 0.305 e. The molecule has 0 saturated carbocycles. The molecular weight excluding hydrogens is 402 g/mol. The molecule has 1 atom stereocenters. The topological polar surface area (TPSA) is 107 Å². The van der Waals surface area contributed by atoms with Gasteiger partial charge >= 0.3 is 4.87 Å². The maximum Gasteiger partial charge on any atom is 0.305 e. The number of fused-ring (bicyclic) bond motifs is 1. The predicted octanol–water partition coefficient (Wildman–Crippen LogP) is 2.40. The summed E-state index contributed by atoms with van der Waals surface area (Å²) < 4.78 is 6.26. The van der Waals surface area contributed by atoms with Crippen molar-refractivity contribution >= 4 is 21.6 Å². The van der Waals surface area contributed by atoms with Crippen LogP contribution in [0.3, 0.4) is 0 Å². The van der Waals surface area contributed by atoms with Gasteiger partial charge in [-0.15, -0.1) is 0 Å². The number of rotatable bonds is 13. The van der Waals surface area contributed by atoms with Gasteiger partial charge in [0.15, 0.2) is 0 Å². The van der Waals surface area contributed by atoms with Crippen LogP contribution in [0.2, 0.25) is 0 Å². The lowest BCUT2D eigenvalue weighted by molar-refractivity contribution is 0.134. The third kappa shape index (κ3) is 6.65. The highest BCUT2D eigenvalue weighted by Crippen LogP contribution is 2.31. The summed E-state index contributed by atoms with van der Waals surface area (Å²) in [6.07, 6.45) is 1.14. The number of ether oxygens (including phenoxy) is 1. The first-order valence-electron chi connectivity index (χ1n) is 10.2. The van der Waals surface area contributed by atoms with E-state index in [1.165, 1.54) is 11.6 Å². The number of hydrogen-bond acceptors (Lipinski definition) is 7. The molecule has 0 amide bonds. The fourth-order valence-corrected chi connectivity index (χ4v) is 4.11. The minimum atomic E-state index is -0.752. The van der Waals surface area contributed by atoms with Gasteiger partial charge in [0.1, 0.15) is 11.3 Å². The summed E-state index contributed by atoms with van der Waals surface area (Å²) in [5, 5.41) is 26.8. The zero-order chi connectivity index (χ0) is 21.2. The fraction of sp³-hybridized carbons (Fsp3) is 0.409. The number of aromatic hydroxyl groups is 1. The molecule has 7 nitrogen and oxygen atoms in total. The quantitative estimate of drug-likeness (QED) is 0.265. The molecule has 164 valence electrons. The normalized spacial score (nSPS) is 12.4. The molecule has 30 heavy (non-hydrogen) atoms. The van der Waals surface area contributed by atoms with Crippen LogP contribution in [0, 0.1) is 0 Å². The van der Waals surface area contributed by atoms with E-state index >= 15 is 0 Å². The first-order chi connectivity index (χ1) is 14.6. The molecule has 0 saturated heterocycles. The number of aromatic nitrogens is 1. The molecule has 8 heteroatoms. The SMILES string of the molecule is O=c1[nH]c2c(O)ccc([C@@H](O)CNCCNCCCOCCc3ccccc3)c2s1.[HH]. The second kappa shape index (κ2) is 11.8. The van der Waals surface area contributed by atoms with Gasteiger partial charge in [-0.3, -0.25) is 4.79 Å². The zero-order valence-electron chi connectivity index (χ0n) is 16.9. The largest absolute Gasteiger partial charge is 0.506 e. The first-order valence-corrected chi connectivity index (χ1v) is 11.0. The Labute approximate surface area is 181 Å². The molecule has 0 aliphatic carbocycles. The highest BCUT2D eigenvalue weighted by atomic mass is 32.1. The standard InChI is InChI=1S/C22H29N3O4S.H2/c26-18-8-7-17(21-20(18)25-22(28)30-21)19(27)15-24-12-11-23-10-4-13-29-14-9-16-5-2-1-3-6-16;/h1-3,5-8,19,23-24,26-27H,4,9-15H2,(H,25,28);1H/t19-;/m0./s1. The van der Waals surface area contributed by atoms with E-state index in [0.29, 0.717) is 22.3 Å². The van der Waals surface area contributed by atoms with Crippen LogP contribution in [0.1, 0.15) is 25.1 Å². The summed E-state index contributed by atoms with van der Waals surface area (Å²) in [7, 11) is 0. The van der Waals surface area contributed by atoms with Crippen molar-refractivity contribution in [1.82, 2.24) is 15.6 Å². The molecule has 0 aliphatic rings. The summed E-state index contributed by atoms with van der Waals surface area (Å²) in [6.45, 7) is 4.24. The fourth-order valence-electron chi connectivity index (χ4n) is 3.19. The van der Waals surface area contributed by atoms with Gasteiger partial charge in [-0.1, -0.05) is 47.7 Å². The maximum absolute atomic E-state index is 11.6. The highest BCUT2D eigenvalue weighted by Gasteiger charge is 2.15. The van der Waals surface area contributed by atoms with Gasteiger partial charge in [0.2, 0.25) is 0 Å². The van der Waals surface area contributed by atoms with Crippen molar-refractivity contribution in [3.05, 3.63) is 63.3 Å². The van der Waals surface area contributed by atoms with Crippen molar-refractivity contribution in [3.8, 4) is 5.75 Å². The first kappa shape index (κ1) is 22.5. The summed E-state index contributed by atoms with van der Waals surface area (Å²) in [4.78, 5) is 13.9. The molecule has 3 rings (SSSR count). The van der Waals surface area contributed by atoms with Gasteiger partial charge in [0.05, 0.1) is 17.4 Å². The molecule has 0 unspecified atom stereocenters. The van der Waals surface area contributed by atoms with Gasteiger partial charge in [-0.05, 0) is 31.0 Å². The third-order valence-electron chi connectivity index (χ3n) is 4.78. The molecule has 1 heterocycles. The number of aliphatic hydroxyl groups is 1. The molecule has 2 aromatic carbocycles. The molecule has 1 aromatic heterocycles. The van der Waals surface area contributed by atoms with Crippen molar-refractivity contribution in [2.24, 2.45) is 0 Å². The van der Waals surface area contributed by atoms with Gasteiger partial charge in [-0.2, -0.15) is 0 Å². The van der Waals surface area contributed by atoms with E-state index in [4.69, 9.17) is 4.74 Å². The van der Waals surface area contributed by atoms with Crippen molar-refractivity contribution in [3.63, 3.8) is 0 Å². The number of aliphatic hydroxyl groups excluding tert-OH is 1. The van der Waals surface area contributed by atoms with Crippen molar-refractivity contribution in [2.75, 3.05) is 39.4 Å². The third-order valence-corrected chi connectivity index (χ3v) is 5.71. The Balaban J connectivity index is 0.00000341. The number of aromatic amines is 1. The van der Waals surface area contributed by atoms with Crippen LogP contribution in [0.25, 0.3) is 10.2 Å². The van der Waals surface area contributed by atoms with E-state index in [1.807, 2.05) is 18.2 Å². The Kier molecular flexibility index (Phi) is 8.85. The number of phenols is 1. The second-order valence-electron chi connectivity index (χ2n) is 7.06. The molecule has 3 aromatic rings.